The van der Waals surface area contributed by atoms with E-state index < -0.39 is 12.1 Å². The van der Waals surface area contributed by atoms with Gasteiger partial charge in [0.05, 0.1) is 5.92 Å². The first-order valence-electron chi connectivity index (χ1n) is 10.2. The number of fused-ring (bicyclic) bond motifs is 1. The molecule has 1 aromatic rings. The first-order chi connectivity index (χ1) is 12.4. The van der Waals surface area contributed by atoms with E-state index in [9.17, 15) is 13.2 Å². The Morgan fingerprint density at radius 2 is 1.85 bits per heavy atom. The topological polar surface area (TPSA) is 16.1 Å². The lowest BCUT2D eigenvalue weighted by molar-refractivity contribution is -0.169. The van der Waals surface area contributed by atoms with E-state index >= 15 is 0 Å². The van der Waals surface area contributed by atoms with Gasteiger partial charge in [0.2, 0.25) is 0 Å². The molecule has 1 saturated carbocycles. The van der Waals surface area contributed by atoms with Gasteiger partial charge in [0, 0.05) is 37.3 Å². The minimum Gasteiger partial charge on any atom is -0.303 e. The lowest BCUT2D eigenvalue weighted by atomic mass is 9.87. The molecule has 0 spiro atoms. The van der Waals surface area contributed by atoms with Gasteiger partial charge < -0.3 is 4.90 Å². The van der Waals surface area contributed by atoms with E-state index in [4.69, 9.17) is 0 Å². The number of aromatic nitrogens is 1. The summed E-state index contributed by atoms with van der Waals surface area (Å²) in [7, 11) is 0. The van der Waals surface area contributed by atoms with Crippen LogP contribution in [0, 0.1) is 11.8 Å². The number of rotatable bonds is 5. The van der Waals surface area contributed by atoms with Crippen molar-refractivity contribution in [3.05, 3.63) is 29.1 Å². The van der Waals surface area contributed by atoms with Crippen LogP contribution >= 0.6 is 0 Å². The number of halogens is 3. The zero-order valence-electron chi connectivity index (χ0n) is 15.8. The maximum Gasteiger partial charge on any atom is 0.391 e. The third-order valence-electron chi connectivity index (χ3n) is 6.14. The van der Waals surface area contributed by atoms with E-state index in [1.165, 1.54) is 51.0 Å². The van der Waals surface area contributed by atoms with Crippen LogP contribution in [0.15, 0.2) is 12.1 Å². The molecule has 0 radical (unpaired) electrons. The van der Waals surface area contributed by atoms with Crippen LogP contribution in [-0.2, 0) is 19.3 Å². The molecule has 1 fully saturated rings. The van der Waals surface area contributed by atoms with E-state index in [2.05, 4.69) is 9.88 Å². The Hall–Kier alpha value is -1.10. The molecule has 5 heteroatoms. The third-order valence-corrected chi connectivity index (χ3v) is 6.14. The molecule has 0 aromatic carbocycles. The van der Waals surface area contributed by atoms with E-state index in [1.54, 1.807) is 6.07 Å². The van der Waals surface area contributed by atoms with Crippen LogP contribution < -0.4 is 0 Å². The van der Waals surface area contributed by atoms with Gasteiger partial charge in [-0.05, 0) is 36.9 Å². The Morgan fingerprint density at radius 1 is 1.12 bits per heavy atom. The average Bonchev–Trinajstić information content (AvgIpc) is 2.82. The fraction of sp³-hybridized carbons (Fsp3) is 0.762. The highest BCUT2D eigenvalue weighted by atomic mass is 19.4. The summed E-state index contributed by atoms with van der Waals surface area (Å²) in [4.78, 5) is 7.11. The van der Waals surface area contributed by atoms with Gasteiger partial charge in [-0.15, -0.1) is 0 Å². The first kappa shape index (κ1) is 19.7. The fourth-order valence-electron chi connectivity index (χ4n) is 4.28. The van der Waals surface area contributed by atoms with Crippen LogP contribution in [0.3, 0.4) is 0 Å². The third kappa shape index (κ3) is 5.45. The van der Waals surface area contributed by atoms with E-state index in [0.717, 1.165) is 44.1 Å². The van der Waals surface area contributed by atoms with Crippen LogP contribution in [0.5, 0.6) is 0 Å². The number of hydrogen-bond acceptors (Lipinski definition) is 2. The molecule has 0 bridgehead atoms. The lowest BCUT2D eigenvalue weighted by Gasteiger charge is -2.26. The second-order valence-corrected chi connectivity index (χ2v) is 8.19. The standard InChI is InChI=1S/C21H31F3N2/c1-16(21(22,23)24)15-19-8-7-18-10-13-26(14-11-20(18)25-19)12-9-17-5-3-2-4-6-17/h7-8,16-17H,2-6,9-15H2,1H3/t16-/m0/s1. The molecule has 26 heavy (non-hydrogen) atoms. The van der Waals surface area contributed by atoms with Crippen molar-refractivity contribution in [3.63, 3.8) is 0 Å². The van der Waals surface area contributed by atoms with Crippen molar-refractivity contribution >= 4 is 0 Å². The largest absolute Gasteiger partial charge is 0.391 e. The second kappa shape index (κ2) is 8.73. The molecular formula is C21H31F3N2. The minimum atomic E-state index is -4.15. The molecule has 2 aliphatic rings. The SMILES string of the molecule is C[C@@H](Cc1ccc2c(n1)CCN(CCC1CCCCC1)CC2)C(F)(F)F. The van der Waals surface area contributed by atoms with Crippen LogP contribution in [0.1, 0.15) is 62.4 Å². The van der Waals surface area contributed by atoms with Gasteiger partial charge in [0.15, 0.2) is 0 Å². The van der Waals surface area contributed by atoms with Crippen LogP contribution in [0.2, 0.25) is 0 Å². The molecule has 0 amide bonds. The van der Waals surface area contributed by atoms with Crippen molar-refractivity contribution in [1.29, 1.82) is 0 Å². The zero-order chi connectivity index (χ0) is 18.6. The smallest absolute Gasteiger partial charge is 0.303 e. The fourth-order valence-corrected chi connectivity index (χ4v) is 4.28. The summed E-state index contributed by atoms with van der Waals surface area (Å²) in [5.74, 6) is -0.450. The highest BCUT2D eigenvalue weighted by Crippen LogP contribution is 2.29. The summed E-state index contributed by atoms with van der Waals surface area (Å²) in [5, 5.41) is 0. The molecule has 1 aliphatic heterocycles. The van der Waals surface area contributed by atoms with Gasteiger partial charge in [-0.1, -0.05) is 45.1 Å². The Labute approximate surface area is 155 Å². The number of pyridine rings is 1. The second-order valence-electron chi connectivity index (χ2n) is 8.19. The molecule has 1 aliphatic carbocycles. The number of nitrogens with zero attached hydrogens (tertiary/aromatic N) is 2. The molecule has 1 atom stereocenters. The Balaban J connectivity index is 1.53. The molecule has 0 N–H and O–H groups in total. The van der Waals surface area contributed by atoms with E-state index in [1.807, 2.05) is 6.07 Å². The summed E-state index contributed by atoms with van der Waals surface area (Å²) in [6, 6.07) is 3.80. The van der Waals surface area contributed by atoms with Crippen LogP contribution in [0.25, 0.3) is 0 Å². The van der Waals surface area contributed by atoms with Gasteiger partial charge in [-0.25, -0.2) is 0 Å². The summed E-state index contributed by atoms with van der Waals surface area (Å²) in [6.07, 6.45) is 5.88. The van der Waals surface area contributed by atoms with Crippen molar-refractivity contribution in [2.24, 2.45) is 11.8 Å². The van der Waals surface area contributed by atoms with Crippen molar-refractivity contribution < 1.29 is 13.2 Å². The molecule has 146 valence electrons. The molecule has 0 saturated heterocycles. The van der Waals surface area contributed by atoms with Crippen LogP contribution in [-0.4, -0.2) is 35.7 Å². The highest BCUT2D eigenvalue weighted by molar-refractivity contribution is 5.25. The zero-order valence-corrected chi connectivity index (χ0v) is 15.8. The van der Waals surface area contributed by atoms with Gasteiger partial charge in [-0.2, -0.15) is 13.2 Å². The monoisotopic (exact) mass is 368 g/mol. The molecule has 3 rings (SSSR count). The van der Waals surface area contributed by atoms with Gasteiger partial charge in [0.1, 0.15) is 0 Å². The predicted molar refractivity (Wildman–Crippen MR) is 98.2 cm³/mol. The highest BCUT2D eigenvalue weighted by Gasteiger charge is 2.36. The van der Waals surface area contributed by atoms with Crippen LogP contribution in [0.4, 0.5) is 13.2 Å². The van der Waals surface area contributed by atoms with Gasteiger partial charge in [0.25, 0.3) is 0 Å². The Morgan fingerprint density at radius 3 is 2.58 bits per heavy atom. The summed E-state index contributed by atoms with van der Waals surface area (Å²) >= 11 is 0. The normalized spacial score (nSPS) is 21.2. The molecular weight excluding hydrogens is 337 g/mol. The van der Waals surface area contributed by atoms with Gasteiger partial charge >= 0.3 is 6.18 Å². The number of hydrogen-bond donors (Lipinski definition) is 0. The molecule has 2 heterocycles. The maximum atomic E-state index is 12.8. The first-order valence-corrected chi connectivity index (χ1v) is 10.2. The van der Waals surface area contributed by atoms with Gasteiger partial charge in [-0.3, -0.25) is 4.98 Å². The Kier molecular flexibility index (Phi) is 6.60. The maximum absolute atomic E-state index is 12.8. The molecule has 0 unspecified atom stereocenters. The summed E-state index contributed by atoms with van der Waals surface area (Å²) < 4.78 is 38.4. The molecule has 2 nitrogen and oxygen atoms in total. The molecule has 1 aromatic heterocycles. The van der Waals surface area contributed by atoms with Crippen molar-refractivity contribution in [1.82, 2.24) is 9.88 Å². The average molecular weight is 368 g/mol. The summed E-state index contributed by atoms with van der Waals surface area (Å²) in [5.41, 5.74) is 2.80. The summed E-state index contributed by atoms with van der Waals surface area (Å²) in [6.45, 7) is 4.40. The minimum absolute atomic E-state index is 0.0256. The lowest BCUT2D eigenvalue weighted by Crippen LogP contribution is -2.29. The van der Waals surface area contributed by atoms with Crippen molar-refractivity contribution in [2.75, 3.05) is 19.6 Å². The number of alkyl halides is 3. The van der Waals surface area contributed by atoms with Crippen molar-refractivity contribution in [3.8, 4) is 0 Å². The quantitative estimate of drug-likeness (QED) is 0.711. The van der Waals surface area contributed by atoms with Crippen molar-refractivity contribution in [2.45, 2.75) is 70.9 Å². The van der Waals surface area contributed by atoms with E-state index in [0.29, 0.717) is 5.69 Å². The Bertz CT molecular complexity index is 579. The van der Waals surface area contributed by atoms with E-state index in [-0.39, 0.29) is 6.42 Å². The predicted octanol–water partition coefficient (Wildman–Crippen LogP) is 5.19.